The molecule has 0 saturated carbocycles. The summed E-state index contributed by atoms with van der Waals surface area (Å²) in [6, 6.07) is 11.8. The normalized spacial score (nSPS) is 10.8. The van der Waals surface area contributed by atoms with E-state index < -0.39 is 16.1 Å². The highest BCUT2D eigenvalue weighted by Crippen LogP contribution is 2.17. The quantitative estimate of drug-likeness (QED) is 0.520. The summed E-state index contributed by atoms with van der Waals surface area (Å²) in [5.41, 5.74) is 1.42. The molecule has 0 radical (unpaired) electrons. The highest BCUT2D eigenvalue weighted by Gasteiger charge is 2.11. The van der Waals surface area contributed by atoms with Gasteiger partial charge in [0.2, 0.25) is 0 Å². The van der Waals surface area contributed by atoms with Gasteiger partial charge in [0, 0.05) is 0 Å². The van der Waals surface area contributed by atoms with E-state index in [1.165, 1.54) is 12.1 Å². The molecule has 0 aliphatic heterocycles. The lowest BCUT2D eigenvalue weighted by molar-refractivity contribution is 0.0734. The minimum atomic E-state index is -4.25. The molecule has 0 fully saturated rings. The maximum Gasteiger partial charge on any atom is 0.343 e. The Morgan fingerprint density at radius 1 is 0.958 bits per heavy atom. The van der Waals surface area contributed by atoms with Gasteiger partial charge in [-0.2, -0.15) is 8.42 Å². The molecule has 0 saturated heterocycles. The van der Waals surface area contributed by atoms with Crippen LogP contribution in [0.5, 0.6) is 5.75 Å². The Labute approximate surface area is 142 Å². The van der Waals surface area contributed by atoms with Crippen LogP contribution in [0.4, 0.5) is 0 Å². The van der Waals surface area contributed by atoms with Crippen LogP contribution in [0.3, 0.4) is 0 Å². The van der Waals surface area contributed by atoms with Crippen LogP contribution in [0.15, 0.2) is 53.4 Å². The number of nitrogens with zero attached hydrogens (tertiary/aromatic N) is 1. The van der Waals surface area contributed by atoms with Crippen molar-refractivity contribution in [2.24, 2.45) is 0 Å². The number of carbonyl (C=O) groups excluding carboxylic acids is 1. The molecule has 7 heteroatoms. The number of rotatable bonds is 3. The topological polar surface area (TPSA) is 83.9 Å². The van der Waals surface area contributed by atoms with Gasteiger partial charge in [0.15, 0.2) is 0 Å². The first-order chi connectivity index (χ1) is 11.1. The molecule has 0 aromatic heterocycles. The number of hydrogen-bond acceptors (Lipinski definition) is 5. The second-order valence-corrected chi connectivity index (χ2v) is 6.97. The summed E-state index contributed by atoms with van der Waals surface area (Å²) in [7, 11) is 1.75. The van der Waals surface area contributed by atoms with Gasteiger partial charge in [0.25, 0.3) is 10.1 Å². The van der Waals surface area contributed by atoms with Crippen molar-refractivity contribution in [3.05, 3.63) is 59.7 Å². The number of esters is 1. The molecule has 0 aliphatic rings. The summed E-state index contributed by atoms with van der Waals surface area (Å²) < 4.78 is 35.7. The zero-order chi connectivity index (χ0) is 18.3. The molecule has 0 bridgehead atoms. The highest BCUT2D eigenvalue weighted by molar-refractivity contribution is 7.85. The minimum absolute atomic E-state index is 0.197. The summed E-state index contributed by atoms with van der Waals surface area (Å²) in [5, 5.41) is 0. The minimum Gasteiger partial charge on any atom is -0.423 e. The number of aryl methyl sites for hydroxylation is 1. The predicted molar refractivity (Wildman–Crippen MR) is 92.0 cm³/mol. The molecule has 0 aliphatic carbocycles. The molecule has 6 nitrogen and oxygen atoms in total. The van der Waals surface area contributed by atoms with Crippen LogP contribution in [-0.4, -0.2) is 45.0 Å². The molecular weight excluding hydrogens is 330 g/mol. The summed E-state index contributed by atoms with van der Waals surface area (Å²) in [6.07, 6.45) is 0. The summed E-state index contributed by atoms with van der Waals surface area (Å²) in [4.78, 5) is 13.6. The van der Waals surface area contributed by atoms with Crippen LogP contribution >= 0.6 is 0 Å². The lowest BCUT2D eigenvalue weighted by Crippen LogP contribution is -2.08. The maximum absolute atomic E-state index is 11.8. The fraction of sp³-hybridized carbons (Fsp3) is 0.235. The van der Waals surface area contributed by atoms with Crippen molar-refractivity contribution in [2.45, 2.75) is 11.8 Å². The molecule has 0 unspecified atom stereocenters. The number of benzene rings is 2. The third-order valence-corrected chi connectivity index (χ3v) is 3.49. The summed E-state index contributed by atoms with van der Waals surface area (Å²) in [5.74, 6) is -0.340. The van der Waals surface area contributed by atoms with E-state index in [1.54, 1.807) is 24.3 Å². The van der Waals surface area contributed by atoms with E-state index in [4.69, 9.17) is 9.29 Å². The average molecular weight is 351 g/mol. The summed E-state index contributed by atoms with van der Waals surface area (Å²) in [6.45, 7) is 1.91. The second kappa shape index (κ2) is 8.58. The van der Waals surface area contributed by atoms with Crippen molar-refractivity contribution in [3.8, 4) is 5.75 Å². The highest BCUT2D eigenvalue weighted by atomic mass is 32.2. The standard InChI is InChI=1S/C14H12O5S.C3H9N/c1-10-2-4-11(5-3-10)14(15)19-12-6-8-13(9-7-12)20(16,17)18;1-4(2)3/h2-9H,1H3,(H,16,17,18);1-3H3. The van der Waals surface area contributed by atoms with Gasteiger partial charge in [0.05, 0.1) is 10.5 Å². The first-order valence-electron chi connectivity index (χ1n) is 7.07. The van der Waals surface area contributed by atoms with Gasteiger partial charge in [-0.25, -0.2) is 4.79 Å². The maximum atomic E-state index is 11.8. The molecule has 2 aromatic rings. The summed E-state index contributed by atoms with van der Waals surface area (Å²) >= 11 is 0. The van der Waals surface area contributed by atoms with Gasteiger partial charge < -0.3 is 9.64 Å². The van der Waals surface area contributed by atoms with E-state index in [2.05, 4.69) is 0 Å². The molecule has 0 amide bonds. The van der Waals surface area contributed by atoms with Gasteiger partial charge >= 0.3 is 5.97 Å². The third kappa shape index (κ3) is 6.91. The number of hydrogen-bond donors (Lipinski definition) is 1. The fourth-order valence-electron chi connectivity index (χ4n) is 1.54. The zero-order valence-corrected chi connectivity index (χ0v) is 14.9. The molecular formula is C17H21NO5S. The van der Waals surface area contributed by atoms with Crippen LogP contribution in [0.1, 0.15) is 15.9 Å². The van der Waals surface area contributed by atoms with E-state index in [1.807, 2.05) is 33.0 Å². The molecule has 0 atom stereocenters. The Hall–Kier alpha value is -2.22. The zero-order valence-electron chi connectivity index (χ0n) is 14.1. The van der Waals surface area contributed by atoms with Crippen LogP contribution < -0.4 is 4.74 Å². The number of ether oxygens (including phenoxy) is 1. The number of carbonyl (C=O) groups is 1. The Kier molecular flexibility index (Phi) is 7.09. The first kappa shape index (κ1) is 19.8. The van der Waals surface area contributed by atoms with Crippen molar-refractivity contribution in [2.75, 3.05) is 21.1 Å². The van der Waals surface area contributed by atoms with Gasteiger partial charge in [-0.05, 0) is 64.5 Å². The smallest absolute Gasteiger partial charge is 0.343 e. The SMILES string of the molecule is CN(C)C.Cc1ccc(C(=O)Oc2ccc(S(=O)(=O)O)cc2)cc1. The molecule has 130 valence electrons. The van der Waals surface area contributed by atoms with Crippen molar-refractivity contribution < 1.29 is 22.5 Å². The van der Waals surface area contributed by atoms with Gasteiger partial charge in [-0.1, -0.05) is 17.7 Å². The largest absolute Gasteiger partial charge is 0.423 e. The lowest BCUT2D eigenvalue weighted by Gasteiger charge is -2.05. The monoisotopic (exact) mass is 351 g/mol. The Morgan fingerprint density at radius 3 is 1.83 bits per heavy atom. The average Bonchev–Trinajstić information content (AvgIpc) is 2.47. The van der Waals surface area contributed by atoms with Gasteiger partial charge in [-0.3, -0.25) is 4.55 Å². The third-order valence-electron chi connectivity index (χ3n) is 2.62. The van der Waals surface area contributed by atoms with Crippen molar-refractivity contribution >= 4 is 16.1 Å². The van der Waals surface area contributed by atoms with E-state index in [9.17, 15) is 13.2 Å². The van der Waals surface area contributed by atoms with Crippen molar-refractivity contribution in [1.29, 1.82) is 0 Å². The van der Waals surface area contributed by atoms with E-state index >= 15 is 0 Å². The molecule has 2 rings (SSSR count). The van der Waals surface area contributed by atoms with Crippen LogP contribution in [0, 0.1) is 6.92 Å². The van der Waals surface area contributed by atoms with Gasteiger partial charge in [0.1, 0.15) is 5.75 Å². The van der Waals surface area contributed by atoms with Crippen molar-refractivity contribution in [3.63, 3.8) is 0 Å². The first-order valence-corrected chi connectivity index (χ1v) is 8.51. The molecule has 1 N–H and O–H groups in total. The van der Waals surface area contributed by atoms with Crippen LogP contribution in [0.25, 0.3) is 0 Å². The van der Waals surface area contributed by atoms with Crippen molar-refractivity contribution in [1.82, 2.24) is 4.90 Å². The van der Waals surface area contributed by atoms with E-state index in [0.717, 1.165) is 17.7 Å². The van der Waals surface area contributed by atoms with E-state index in [-0.39, 0.29) is 10.6 Å². The Morgan fingerprint density at radius 2 is 1.42 bits per heavy atom. The van der Waals surface area contributed by atoms with Crippen LogP contribution in [0.2, 0.25) is 0 Å². The van der Waals surface area contributed by atoms with E-state index in [0.29, 0.717) is 5.56 Å². The second-order valence-electron chi connectivity index (χ2n) is 5.54. The van der Waals surface area contributed by atoms with Gasteiger partial charge in [-0.15, -0.1) is 0 Å². The molecule has 0 heterocycles. The van der Waals surface area contributed by atoms with Crippen LogP contribution in [-0.2, 0) is 10.1 Å². The fourth-order valence-corrected chi connectivity index (χ4v) is 2.02. The Bertz CT molecular complexity index is 763. The predicted octanol–water partition coefficient (Wildman–Crippen LogP) is 2.64. The lowest BCUT2D eigenvalue weighted by atomic mass is 10.1. The Balaban J connectivity index is 0.000000648. The molecule has 2 aromatic carbocycles. The molecule has 0 spiro atoms. The molecule has 24 heavy (non-hydrogen) atoms.